The lowest BCUT2D eigenvalue weighted by molar-refractivity contribution is 0.0478. The fourth-order valence-corrected chi connectivity index (χ4v) is 3.82. The van der Waals surface area contributed by atoms with E-state index in [0.29, 0.717) is 16.5 Å². The Labute approximate surface area is 148 Å². The highest BCUT2D eigenvalue weighted by molar-refractivity contribution is 7.17. The largest absolute Gasteiger partial charge is 0.488 e. The maximum absolute atomic E-state index is 12.3. The summed E-state index contributed by atoms with van der Waals surface area (Å²) in [6, 6.07) is 17.0. The molecule has 1 aromatic heterocycles. The van der Waals surface area contributed by atoms with Crippen LogP contribution in [0.25, 0.3) is 10.4 Å². The predicted octanol–water partition coefficient (Wildman–Crippen LogP) is 5.32. The van der Waals surface area contributed by atoms with Crippen LogP contribution >= 0.6 is 22.9 Å². The molecule has 0 saturated heterocycles. The highest BCUT2D eigenvalue weighted by Gasteiger charge is 2.22. The fraction of sp³-hybridized carbons (Fsp3) is 0.105. The average Bonchev–Trinajstić information content (AvgIpc) is 3.06. The monoisotopic (exact) mass is 356 g/mol. The number of halogens is 1. The quantitative estimate of drug-likeness (QED) is 0.596. The van der Waals surface area contributed by atoms with Gasteiger partial charge >= 0.3 is 5.97 Å². The minimum Gasteiger partial charge on any atom is -0.488 e. The number of benzene rings is 2. The first kappa shape index (κ1) is 15.2. The fourth-order valence-electron chi connectivity index (χ4n) is 2.60. The van der Waals surface area contributed by atoms with Crippen molar-refractivity contribution in [3.8, 4) is 16.2 Å². The van der Waals surface area contributed by atoms with E-state index in [1.807, 2.05) is 42.5 Å². The second-order valence-corrected chi connectivity index (χ2v) is 6.94. The topological polar surface area (TPSA) is 35.5 Å². The predicted molar refractivity (Wildman–Crippen MR) is 94.7 cm³/mol. The van der Waals surface area contributed by atoms with Gasteiger partial charge in [-0.25, -0.2) is 4.79 Å². The van der Waals surface area contributed by atoms with Crippen LogP contribution in [0.1, 0.15) is 20.8 Å². The highest BCUT2D eigenvalue weighted by atomic mass is 35.5. The van der Waals surface area contributed by atoms with Gasteiger partial charge < -0.3 is 9.47 Å². The summed E-state index contributed by atoms with van der Waals surface area (Å²) in [5.74, 6) is 0.537. The van der Waals surface area contributed by atoms with Crippen LogP contribution < -0.4 is 4.74 Å². The van der Waals surface area contributed by atoms with Crippen molar-refractivity contribution in [3.05, 3.63) is 75.6 Å². The maximum atomic E-state index is 12.3. The van der Waals surface area contributed by atoms with Crippen molar-refractivity contribution in [3.63, 3.8) is 0 Å². The molecular weight excluding hydrogens is 344 g/mol. The minimum absolute atomic E-state index is 0.228. The SMILES string of the molecule is O=C(OCc1ccc(Cl)cc1)c1cc2c(s1)-c1ccccc1OC2. The van der Waals surface area contributed by atoms with Crippen LogP contribution in [0.3, 0.4) is 0 Å². The second kappa shape index (κ2) is 6.30. The third-order valence-corrected chi connectivity index (χ3v) is 5.25. The molecule has 2 heterocycles. The lowest BCUT2D eigenvalue weighted by Crippen LogP contribution is -2.03. The summed E-state index contributed by atoms with van der Waals surface area (Å²) in [5.41, 5.74) is 2.96. The number of carbonyl (C=O) groups excluding carboxylic acids is 1. The summed E-state index contributed by atoms with van der Waals surface area (Å²) in [6.45, 7) is 0.707. The Balaban J connectivity index is 1.52. The van der Waals surface area contributed by atoms with Gasteiger partial charge in [0.1, 0.15) is 23.8 Å². The number of thiophene rings is 1. The summed E-state index contributed by atoms with van der Waals surface area (Å²) >= 11 is 7.30. The average molecular weight is 357 g/mol. The first-order valence-corrected chi connectivity index (χ1v) is 8.66. The molecule has 0 atom stereocenters. The van der Waals surface area contributed by atoms with Crippen molar-refractivity contribution in [1.29, 1.82) is 0 Å². The molecule has 0 bridgehead atoms. The van der Waals surface area contributed by atoms with Gasteiger partial charge in [-0.15, -0.1) is 11.3 Å². The van der Waals surface area contributed by atoms with Crippen molar-refractivity contribution < 1.29 is 14.3 Å². The maximum Gasteiger partial charge on any atom is 0.348 e. The number of carbonyl (C=O) groups is 1. The second-order valence-electron chi connectivity index (χ2n) is 5.45. The number of esters is 1. The summed E-state index contributed by atoms with van der Waals surface area (Å²) in [6.07, 6.45) is 0. The van der Waals surface area contributed by atoms with E-state index >= 15 is 0 Å². The van der Waals surface area contributed by atoms with Crippen molar-refractivity contribution >= 4 is 28.9 Å². The first-order valence-electron chi connectivity index (χ1n) is 7.47. The number of rotatable bonds is 3. The third-order valence-electron chi connectivity index (χ3n) is 3.81. The molecule has 120 valence electrons. The van der Waals surface area contributed by atoms with Crippen LogP contribution in [0.4, 0.5) is 0 Å². The molecule has 5 heteroatoms. The Morgan fingerprint density at radius 2 is 1.96 bits per heavy atom. The van der Waals surface area contributed by atoms with E-state index in [2.05, 4.69) is 0 Å². The molecule has 1 aliphatic heterocycles. The van der Waals surface area contributed by atoms with Gasteiger partial charge in [-0.05, 0) is 35.9 Å². The van der Waals surface area contributed by atoms with E-state index in [-0.39, 0.29) is 12.6 Å². The molecule has 0 N–H and O–H groups in total. The molecule has 0 unspecified atom stereocenters. The van der Waals surface area contributed by atoms with Gasteiger partial charge in [0, 0.05) is 21.0 Å². The van der Waals surface area contributed by atoms with Gasteiger partial charge in [0.2, 0.25) is 0 Å². The lowest BCUT2D eigenvalue weighted by atomic mass is 10.1. The number of hydrogen-bond acceptors (Lipinski definition) is 4. The van der Waals surface area contributed by atoms with Crippen molar-refractivity contribution in [2.24, 2.45) is 0 Å². The van der Waals surface area contributed by atoms with E-state index in [9.17, 15) is 4.79 Å². The Kier molecular flexibility index (Phi) is 4.00. The zero-order chi connectivity index (χ0) is 16.5. The Morgan fingerprint density at radius 1 is 1.17 bits per heavy atom. The molecule has 3 nitrogen and oxygen atoms in total. The Morgan fingerprint density at radius 3 is 2.79 bits per heavy atom. The molecule has 0 amide bonds. The number of para-hydroxylation sites is 1. The zero-order valence-electron chi connectivity index (χ0n) is 12.6. The van der Waals surface area contributed by atoms with Gasteiger partial charge in [-0.2, -0.15) is 0 Å². The van der Waals surface area contributed by atoms with E-state index in [1.165, 1.54) is 11.3 Å². The lowest BCUT2D eigenvalue weighted by Gasteiger charge is -2.16. The molecule has 4 rings (SSSR count). The van der Waals surface area contributed by atoms with Gasteiger partial charge in [0.05, 0.1) is 0 Å². The summed E-state index contributed by atoms with van der Waals surface area (Å²) in [7, 11) is 0. The first-order chi connectivity index (χ1) is 11.7. The normalized spacial score (nSPS) is 12.0. The standard InChI is InChI=1S/C19H13ClO3S/c20-14-7-5-12(6-8-14)10-23-19(21)17-9-13-11-22-16-4-2-1-3-15(16)18(13)24-17/h1-9H,10-11H2. The van der Waals surface area contributed by atoms with Crippen molar-refractivity contribution in [2.75, 3.05) is 0 Å². The molecule has 3 aromatic rings. The summed E-state index contributed by atoms with van der Waals surface area (Å²) < 4.78 is 11.1. The molecule has 0 fully saturated rings. The van der Waals surface area contributed by atoms with E-state index in [0.717, 1.165) is 27.3 Å². The van der Waals surface area contributed by atoms with E-state index in [4.69, 9.17) is 21.1 Å². The van der Waals surface area contributed by atoms with Crippen LogP contribution in [0.2, 0.25) is 5.02 Å². The summed E-state index contributed by atoms with van der Waals surface area (Å²) in [5, 5.41) is 0.662. The van der Waals surface area contributed by atoms with Crippen LogP contribution in [0.5, 0.6) is 5.75 Å². The van der Waals surface area contributed by atoms with Crippen molar-refractivity contribution in [2.45, 2.75) is 13.2 Å². The highest BCUT2D eigenvalue weighted by Crippen LogP contribution is 2.42. The molecule has 0 spiro atoms. The summed E-state index contributed by atoms with van der Waals surface area (Å²) in [4.78, 5) is 14.0. The Bertz CT molecular complexity index is 899. The Hall–Kier alpha value is -2.30. The molecule has 0 radical (unpaired) electrons. The van der Waals surface area contributed by atoms with Crippen LogP contribution in [-0.2, 0) is 18.0 Å². The van der Waals surface area contributed by atoms with Gasteiger partial charge in [0.25, 0.3) is 0 Å². The molecule has 1 aliphatic rings. The third kappa shape index (κ3) is 2.90. The number of hydrogen-bond donors (Lipinski definition) is 0. The molecular formula is C19H13ClO3S. The van der Waals surface area contributed by atoms with Gasteiger partial charge in [-0.3, -0.25) is 0 Å². The van der Waals surface area contributed by atoms with Crippen LogP contribution in [0, 0.1) is 0 Å². The molecule has 24 heavy (non-hydrogen) atoms. The zero-order valence-corrected chi connectivity index (χ0v) is 14.2. The molecule has 0 saturated carbocycles. The smallest absolute Gasteiger partial charge is 0.348 e. The molecule has 0 aliphatic carbocycles. The van der Waals surface area contributed by atoms with Gasteiger partial charge in [0.15, 0.2) is 0 Å². The van der Waals surface area contributed by atoms with Crippen molar-refractivity contribution in [1.82, 2.24) is 0 Å². The van der Waals surface area contributed by atoms with Crippen LogP contribution in [0.15, 0.2) is 54.6 Å². The number of ether oxygens (including phenoxy) is 2. The van der Waals surface area contributed by atoms with Crippen LogP contribution in [-0.4, -0.2) is 5.97 Å². The van der Waals surface area contributed by atoms with Gasteiger partial charge in [-0.1, -0.05) is 35.9 Å². The van der Waals surface area contributed by atoms with E-state index < -0.39 is 0 Å². The minimum atomic E-state index is -0.318. The van der Waals surface area contributed by atoms with E-state index in [1.54, 1.807) is 12.1 Å². The number of fused-ring (bicyclic) bond motifs is 3. The molecule has 2 aromatic carbocycles.